The van der Waals surface area contributed by atoms with Crippen molar-refractivity contribution >= 4 is 17.5 Å². The summed E-state index contributed by atoms with van der Waals surface area (Å²) < 4.78 is 16.5. The van der Waals surface area contributed by atoms with Gasteiger partial charge < -0.3 is 24.8 Å². The summed E-state index contributed by atoms with van der Waals surface area (Å²) in [6, 6.07) is 18.3. The van der Waals surface area contributed by atoms with Crippen LogP contribution in [-0.4, -0.2) is 38.7 Å². The van der Waals surface area contributed by atoms with E-state index in [0.29, 0.717) is 41.5 Å². The second kappa shape index (κ2) is 11.9. The van der Waals surface area contributed by atoms with Crippen molar-refractivity contribution in [2.24, 2.45) is 0 Å². The smallest absolute Gasteiger partial charge is 0.265 e. The van der Waals surface area contributed by atoms with Gasteiger partial charge in [0.2, 0.25) is 0 Å². The largest absolute Gasteiger partial charge is 0.493 e. The number of carbonyl (C=O) groups is 2. The van der Waals surface area contributed by atoms with Crippen LogP contribution in [0, 0.1) is 13.8 Å². The van der Waals surface area contributed by atoms with Crippen molar-refractivity contribution < 1.29 is 23.8 Å². The van der Waals surface area contributed by atoms with Gasteiger partial charge in [0.25, 0.3) is 11.8 Å². The maximum Gasteiger partial charge on any atom is 0.265 e. The van der Waals surface area contributed by atoms with Crippen LogP contribution in [0.3, 0.4) is 0 Å². The monoisotopic (exact) mass is 476 g/mol. The fraction of sp³-hybridized carbons (Fsp3) is 0.286. The van der Waals surface area contributed by atoms with Gasteiger partial charge >= 0.3 is 0 Å². The molecule has 0 unspecified atom stereocenters. The highest BCUT2D eigenvalue weighted by Gasteiger charge is 2.19. The van der Waals surface area contributed by atoms with Gasteiger partial charge in [-0.3, -0.25) is 9.59 Å². The molecule has 0 bridgehead atoms. The van der Waals surface area contributed by atoms with Gasteiger partial charge in [0.05, 0.1) is 25.5 Å². The summed E-state index contributed by atoms with van der Waals surface area (Å²) in [7, 11) is 3.17. The lowest BCUT2D eigenvalue weighted by molar-refractivity contribution is -0.122. The van der Waals surface area contributed by atoms with Crippen LogP contribution in [0.2, 0.25) is 0 Å². The molecule has 1 atom stereocenters. The highest BCUT2D eigenvalue weighted by Crippen LogP contribution is 2.27. The number of nitrogens with one attached hydrogen (secondary N) is 2. The van der Waals surface area contributed by atoms with Crippen molar-refractivity contribution in [3.05, 3.63) is 82.9 Å². The predicted octanol–water partition coefficient (Wildman–Crippen LogP) is 4.70. The molecule has 0 heterocycles. The summed E-state index contributed by atoms with van der Waals surface area (Å²) in [6.07, 6.45) is -0.127. The number of methoxy groups -OCH3 is 2. The first-order valence-electron chi connectivity index (χ1n) is 11.5. The quantitative estimate of drug-likeness (QED) is 0.443. The summed E-state index contributed by atoms with van der Waals surface area (Å²) in [5.74, 6) is 1.34. The molecule has 2 amide bonds. The van der Waals surface area contributed by atoms with Gasteiger partial charge in [0, 0.05) is 6.54 Å². The Bertz CT molecular complexity index is 1190. The third kappa shape index (κ3) is 6.53. The number of hydrogen-bond donors (Lipinski definition) is 2. The lowest BCUT2D eigenvalue weighted by Crippen LogP contribution is -2.32. The first kappa shape index (κ1) is 25.6. The predicted molar refractivity (Wildman–Crippen MR) is 137 cm³/mol. The normalized spacial score (nSPS) is 11.3. The van der Waals surface area contributed by atoms with Crippen LogP contribution in [0.5, 0.6) is 17.2 Å². The fourth-order valence-electron chi connectivity index (χ4n) is 3.57. The van der Waals surface area contributed by atoms with E-state index in [1.54, 1.807) is 45.4 Å². The molecule has 7 nitrogen and oxygen atoms in total. The first-order chi connectivity index (χ1) is 16.8. The molecular weight excluding hydrogens is 444 g/mol. The minimum Gasteiger partial charge on any atom is -0.493 e. The van der Waals surface area contributed by atoms with Crippen LogP contribution in [0.1, 0.15) is 34.0 Å². The lowest BCUT2D eigenvalue weighted by atomic mass is 10.1. The standard InChI is InChI=1S/C28H32N2O5/c1-18-9-8-12-24(19(18)2)35-20(3)27(31)30-23-11-7-6-10-22(23)28(32)29-16-15-21-13-14-25(33-4)26(17-21)34-5/h6-14,17,20H,15-16H2,1-5H3,(H,29,32)(H,30,31)/t20-/m1/s1. The zero-order valence-corrected chi connectivity index (χ0v) is 20.8. The van der Waals surface area contributed by atoms with E-state index in [0.717, 1.165) is 16.7 Å². The Hall–Kier alpha value is -4.00. The minimum atomic E-state index is -0.739. The SMILES string of the molecule is COc1ccc(CCNC(=O)c2ccccc2NC(=O)[C@@H](C)Oc2cccc(C)c2C)cc1OC. The van der Waals surface area contributed by atoms with E-state index < -0.39 is 6.10 Å². The van der Waals surface area contributed by atoms with Gasteiger partial charge in [0.1, 0.15) is 5.75 Å². The van der Waals surface area contributed by atoms with Crippen LogP contribution in [0.4, 0.5) is 5.69 Å². The average Bonchev–Trinajstić information content (AvgIpc) is 2.86. The molecular formula is C28H32N2O5. The zero-order chi connectivity index (χ0) is 25.4. The molecule has 0 spiro atoms. The second-order valence-corrected chi connectivity index (χ2v) is 8.19. The van der Waals surface area contributed by atoms with E-state index in [4.69, 9.17) is 14.2 Å². The molecule has 0 aromatic heterocycles. The van der Waals surface area contributed by atoms with Crippen LogP contribution in [0.25, 0.3) is 0 Å². The molecule has 0 saturated carbocycles. The lowest BCUT2D eigenvalue weighted by Gasteiger charge is -2.18. The van der Waals surface area contributed by atoms with Crippen molar-refractivity contribution in [2.45, 2.75) is 33.3 Å². The molecule has 0 aliphatic rings. The van der Waals surface area contributed by atoms with Gasteiger partial charge in [0.15, 0.2) is 17.6 Å². The number of aryl methyl sites for hydroxylation is 1. The molecule has 184 valence electrons. The molecule has 0 aliphatic heterocycles. The Balaban J connectivity index is 1.61. The van der Waals surface area contributed by atoms with Crippen LogP contribution in [0.15, 0.2) is 60.7 Å². The molecule has 3 aromatic rings. The van der Waals surface area contributed by atoms with Crippen molar-refractivity contribution in [2.75, 3.05) is 26.1 Å². The summed E-state index contributed by atoms with van der Waals surface area (Å²) in [5, 5.41) is 5.74. The van der Waals surface area contributed by atoms with Gasteiger partial charge in [-0.05, 0) is 74.2 Å². The summed E-state index contributed by atoms with van der Waals surface area (Å²) in [5.41, 5.74) is 3.89. The van der Waals surface area contributed by atoms with Gasteiger partial charge in [-0.25, -0.2) is 0 Å². The third-order valence-electron chi connectivity index (χ3n) is 5.80. The molecule has 0 radical (unpaired) electrons. The maximum absolute atomic E-state index is 12.9. The molecule has 3 rings (SSSR count). The average molecular weight is 477 g/mol. The van der Waals surface area contributed by atoms with E-state index in [2.05, 4.69) is 10.6 Å². The van der Waals surface area contributed by atoms with E-state index in [-0.39, 0.29) is 11.8 Å². The zero-order valence-electron chi connectivity index (χ0n) is 20.8. The minimum absolute atomic E-state index is 0.274. The Kier molecular flexibility index (Phi) is 8.73. The van der Waals surface area contributed by atoms with E-state index >= 15 is 0 Å². The first-order valence-corrected chi connectivity index (χ1v) is 11.5. The second-order valence-electron chi connectivity index (χ2n) is 8.19. The third-order valence-corrected chi connectivity index (χ3v) is 5.80. The van der Waals surface area contributed by atoms with Crippen LogP contribution < -0.4 is 24.8 Å². The van der Waals surface area contributed by atoms with E-state index in [9.17, 15) is 9.59 Å². The molecule has 0 aliphatic carbocycles. The molecule has 0 fully saturated rings. The number of carbonyl (C=O) groups excluding carboxylic acids is 2. The summed E-state index contributed by atoms with van der Waals surface area (Å²) in [6.45, 7) is 6.05. The molecule has 0 saturated heterocycles. The number of benzene rings is 3. The summed E-state index contributed by atoms with van der Waals surface area (Å²) in [4.78, 5) is 25.7. The number of ether oxygens (including phenoxy) is 3. The van der Waals surface area contributed by atoms with Crippen LogP contribution in [-0.2, 0) is 11.2 Å². The number of para-hydroxylation sites is 1. The van der Waals surface area contributed by atoms with Crippen molar-refractivity contribution in [1.29, 1.82) is 0 Å². The Morgan fingerprint density at radius 2 is 1.63 bits per heavy atom. The number of anilines is 1. The summed E-state index contributed by atoms with van der Waals surface area (Å²) >= 11 is 0. The highest BCUT2D eigenvalue weighted by molar-refractivity contribution is 6.04. The molecule has 3 aromatic carbocycles. The molecule has 2 N–H and O–H groups in total. The Morgan fingerprint density at radius 3 is 2.37 bits per heavy atom. The van der Waals surface area contributed by atoms with Crippen molar-refractivity contribution in [3.8, 4) is 17.2 Å². The topological polar surface area (TPSA) is 85.9 Å². The van der Waals surface area contributed by atoms with Gasteiger partial charge in [-0.15, -0.1) is 0 Å². The maximum atomic E-state index is 12.9. The number of hydrogen-bond acceptors (Lipinski definition) is 5. The van der Waals surface area contributed by atoms with Gasteiger partial charge in [-0.1, -0.05) is 30.3 Å². The number of amides is 2. The molecule has 7 heteroatoms. The Morgan fingerprint density at radius 1 is 0.886 bits per heavy atom. The van der Waals surface area contributed by atoms with E-state index in [1.165, 1.54) is 0 Å². The molecule has 35 heavy (non-hydrogen) atoms. The van der Waals surface area contributed by atoms with Crippen molar-refractivity contribution in [3.63, 3.8) is 0 Å². The van der Waals surface area contributed by atoms with Gasteiger partial charge in [-0.2, -0.15) is 0 Å². The highest BCUT2D eigenvalue weighted by atomic mass is 16.5. The fourth-order valence-corrected chi connectivity index (χ4v) is 3.57. The van der Waals surface area contributed by atoms with Crippen LogP contribution >= 0.6 is 0 Å². The van der Waals surface area contributed by atoms with Crippen molar-refractivity contribution in [1.82, 2.24) is 5.32 Å². The van der Waals surface area contributed by atoms with E-state index in [1.807, 2.05) is 50.2 Å². The number of rotatable bonds is 10. The Labute approximate surface area is 206 Å².